The van der Waals surface area contributed by atoms with Crippen LogP contribution in [-0.2, 0) is 0 Å². The first-order chi connectivity index (χ1) is 8.20. The summed E-state index contributed by atoms with van der Waals surface area (Å²) < 4.78 is 0. The Bertz CT molecular complexity index is 387. The molecule has 0 aliphatic heterocycles. The molecule has 17 heavy (non-hydrogen) atoms. The second kappa shape index (κ2) is 5.27. The number of nitrogens with one attached hydrogen (secondary N) is 2. The minimum absolute atomic E-state index is 0.163. The van der Waals surface area contributed by atoms with Crippen molar-refractivity contribution >= 4 is 5.91 Å². The second-order valence-corrected chi connectivity index (χ2v) is 4.47. The van der Waals surface area contributed by atoms with E-state index in [0.29, 0.717) is 12.3 Å². The maximum atomic E-state index is 11.6. The van der Waals surface area contributed by atoms with Gasteiger partial charge in [-0.05, 0) is 19.3 Å². The maximum Gasteiger partial charge on any atom is 0.291 e. The molecule has 3 N–H and O–H groups in total. The van der Waals surface area contributed by atoms with Crippen molar-refractivity contribution in [3.8, 4) is 0 Å². The van der Waals surface area contributed by atoms with Crippen molar-refractivity contribution in [2.45, 2.75) is 44.6 Å². The number of rotatable bonds is 6. The van der Waals surface area contributed by atoms with E-state index in [1.165, 1.54) is 0 Å². The van der Waals surface area contributed by atoms with Gasteiger partial charge >= 0.3 is 0 Å². The van der Waals surface area contributed by atoms with E-state index < -0.39 is 6.10 Å². The molecule has 1 aromatic rings. The van der Waals surface area contributed by atoms with E-state index in [2.05, 4.69) is 20.5 Å². The van der Waals surface area contributed by atoms with Crippen LogP contribution in [0.1, 0.15) is 55.0 Å². The van der Waals surface area contributed by atoms with Crippen LogP contribution in [0, 0.1) is 0 Å². The van der Waals surface area contributed by atoms with Crippen molar-refractivity contribution in [1.29, 1.82) is 0 Å². The molecule has 1 heterocycles. The predicted octanol–water partition coefficient (Wildman–Crippen LogP) is 0.573. The number of nitrogens with zero attached hydrogens (tertiary/aromatic N) is 2. The monoisotopic (exact) mass is 238 g/mol. The third kappa shape index (κ3) is 3.26. The zero-order valence-electron chi connectivity index (χ0n) is 9.94. The molecule has 0 bridgehead atoms. The highest BCUT2D eigenvalue weighted by molar-refractivity contribution is 5.90. The third-order valence-corrected chi connectivity index (χ3v) is 2.79. The first kappa shape index (κ1) is 12.0. The van der Waals surface area contributed by atoms with E-state index in [0.717, 1.165) is 25.1 Å². The number of aliphatic hydroxyl groups excluding tert-OH is 1. The molecule has 0 spiro atoms. The Morgan fingerprint density at radius 2 is 2.41 bits per heavy atom. The maximum absolute atomic E-state index is 11.6. The quantitative estimate of drug-likeness (QED) is 0.676. The molecule has 1 aromatic heterocycles. The molecule has 1 unspecified atom stereocenters. The summed E-state index contributed by atoms with van der Waals surface area (Å²) in [6, 6.07) is 0. The van der Waals surface area contributed by atoms with E-state index in [1.54, 1.807) is 0 Å². The molecule has 1 fully saturated rings. The molecule has 1 amide bonds. The molecule has 1 aliphatic rings. The van der Waals surface area contributed by atoms with Gasteiger partial charge in [-0.2, -0.15) is 0 Å². The lowest BCUT2D eigenvalue weighted by molar-refractivity contribution is 0.0900. The van der Waals surface area contributed by atoms with Crippen molar-refractivity contribution in [1.82, 2.24) is 20.5 Å². The number of aromatic amines is 1. The van der Waals surface area contributed by atoms with Crippen molar-refractivity contribution in [3.63, 3.8) is 0 Å². The van der Waals surface area contributed by atoms with Gasteiger partial charge in [0.15, 0.2) is 0 Å². The van der Waals surface area contributed by atoms with Crippen LogP contribution >= 0.6 is 0 Å². The van der Waals surface area contributed by atoms with Gasteiger partial charge in [0.25, 0.3) is 5.91 Å². The lowest BCUT2D eigenvalue weighted by atomic mass is 10.2. The summed E-state index contributed by atoms with van der Waals surface area (Å²) in [5.41, 5.74) is 0. The lowest BCUT2D eigenvalue weighted by Crippen LogP contribution is -2.32. The highest BCUT2D eigenvalue weighted by Gasteiger charge is 2.28. The third-order valence-electron chi connectivity index (χ3n) is 2.79. The minimum atomic E-state index is -0.495. The van der Waals surface area contributed by atoms with Crippen LogP contribution in [0.25, 0.3) is 0 Å². The number of carbonyl (C=O) groups is 1. The van der Waals surface area contributed by atoms with Gasteiger partial charge in [0, 0.05) is 12.5 Å². The number of H-pyrrole nitrogens is 1. The average Bonchev–Trinajstić information content (AvgIpc) is 3.05. The summed E-state index contributed by atoms with van der Waals surface area (Å²) >= 11 is 0. The lowest BCUT2D eigenvalue weighted by Gasteiger charge is -2.08. The molecule has 0 saturated heterocycles. The van der Waals surface area contributed by atoms with Crippen LogP contribution < -0.4 is 5.32 Å². The first-order valence-electron chi connectivity index (χ1n) is 6.09. The van der Waals surface area contributed by atoms with Crippen molar-refractivity contribution in [3.05, 3.63) is 11.6 Å². The van der Waals surface area contributed by atoms with Crippen molar-refractivity contribution in [2.24, 2.45) is 0 Å². The van der Waals surface area contributed by atoms with Gasteiger partial charge in [-0.1, -0.05) is 13.3 Å². The van der Waals surface area contributed by atoms with E-state index in [-0.39, 0.29) is 18.3 Å². The van der Waals surface area contributed by atoms with Gasteiger partial charge < -0.3 is 10.4 Å². The fraction of sp³-hybridized carbons (Fsp3) is 0.727. The molecule has 2 rings (SSSR count). The van der Waals surface area contributed by atoms with Gasteiger partial charge in [0.05, 0.1) is 6.10 Å². The minimum Gasteiger partial charge on any atom is -0.391 e. The first-order valence-corrected chi connectivity index (χ1v) is 6.09. The summed E-state index contributed by atoms with van der Waals surface area (Å²) in [5, 5.41) is 18.8. The Morgan fingerprint density at radius 3 is 3.06 bits per heavy atom. The van der Waals surface area contributed by atoms with E-state index in [4.69, 9.17) is 0 Å². The largest absolute Gasteiger partial charge is 0.391 e. The van der Waals surface area contributed by atoms with E-state index in [1.807, 2.05) is 6.92 Å². The fourth-order valence-electron chi connectivity index (χ4n) is 1.64. The van der Waals surface area contributed by atoms with E-state index in [9.17, 15) is 9.90 Å². The van der Waals surface area contributed by atoms with E-state index >= 15 is 0 Å². The molecule has 6 heteroatoms. The summed E-state index contributed by atoms with van der Waals surface area (Å²) in [7, 11) is 0. The summed E-state index contributed by atoms with van der Waals surface area (Å²) in [6.07, 6.45) is 3.31. The Balaban J connectivity index is 1.81. The van der Waals surface area contributed by atoms with Crippen LogP contribution in [0.5, 0.6) is 0 Å². The van der Waals surface area contributed by atoms with Gasteiger partial charge in [0.2, 0.25) is 5.82 Å². The van der Waals surface area contributed by atoms with Gasteiger partial charge in [-0.15, -0.1) is 5.10 Å². The fourth-order valence-corrected chi connectivity index (χ4v) is 1.64. The standard InChI is InChI=1S/C11H18N4O2/c1-2-3-8(16)6-12-11(17)10-13-9(14-15-10)7-4-5-7/h7-8,16H,2-6H2,1H3,(H,12,17)(H,13,14,15). The van der Waals surface area contributed by atoms with Gasteiger partial charge in [-0.3, -0.25) is 9.89 Å². The number of hydrogen-bond acceptors (Lipinski definition) is 4. The zero-order chi connectivity index (χ0) is 12.3. The van der Waals surface area contributed by atoms with Crippen LogP contribution in [0.4, 0.5) is 0 Å². The number of hydrogen-bond donors (Lipinski definition) is 3. The number of aromatic nitrogens is 3. The predicted molar refractivity (Wildman–Crippen MR) is 61.6 cm³/mol. The molecular weight excluding hydrogens is 220 g/mol. The number of aliphatic hydroxyl groups is 1. The smallest absolute Gasteiger partial charge is 0.291 e. The summed E-state index contributed by atoms with van der Waals surface area (Å²) in [5.74, 6) is 1.08. The highest BCUT2D eigenvalue weighted by Crippen LogP contribution is 2.37. The topological polar surface area (TPSA) is 90.9 Å². The van der Waals surface area contributed by atoms with Crippen LogP contribution in [0.15, 0.2) is 0 Å². The Labute approximate surface area is 99.8 Å². The Hall–Kier alpha value is -1.43. The number of amides is 1. The molecule has 6 nitrogen and oxygen atoms in total. The molecule has 1 saturated carbocycles. The normalized spacial score (nSPS) is 16.8. The van der Waals surface area contributed by atoms with Crippen LogP contribution in [0.2, 0.25) is 0 Å². The summed E-state index contributed by atoms with van der Waals surface area (Å²) in [4.78, 5) is 15.8. The van der Waals surface area contributed by atoms with Crippen LogP contribution in [-0.4, -0.2) is 38.8 Å². The van der Waals surface area contributed by atoms with Gasteiger partial charge in [0.1, 0.15) is 5.82 Å². The molecular formula is C11H18N4O2. The zero-order valence-corrected chi connectivity index (χ0v) is 9.94. The van der Waals surface area contributed by atoms with Crippen molar-refractivity contribution in [2.75, 3.05) is 6.54 Å². The number of carbonyl (C=O) groups excluding carboxylic acids is 1. The van der Waals surface area contributed by atoms with Crippen LogP contribution in [0.3, 0.4) is 0 Å². The Kier molecular flexibility index (Phi) is 3.73. The summed E-state index contributed by atoms with van der Waals surface area (Å²) in [6.45, 7) is 2.24. The average molecular weight is 238 g/mol. The molecule has 0 aromatic carbocycles. The van der Waals surface area contributed by atoms with Crippen molar-refractivity contribution < 1.29 is 9.90 Å². The molecule has 94 valence electrons. The highest BCUT2D eigenvalue weighted by atomic mass is 16.3. The molecule has 0 radical (unpaired) electrons. The van der Waals surface area contributed by atoms with Gasteiger partial charge in [-0.25, -0.2) is 4.98 Å². The second-order valence-electron chi connectivity index (χ2n) is 4.47. The SMILES string of the molecule is CCCC(O)CNC(=O)c1n[nH]c(C2CC2)n1. The molecule has 1 aliphatic carbocycles. The Morgan fingerprint density at radius 1 is 1.65 bits per heavy atom. The molecule has 1 atom stereocenters.